The molecule has 5 nitrogen and oxygen atoms in total. The fourth-order valence-electron chi connectivity index (χ4n) is 2.02. The van der Waals surface area contributed by atoms with E-state index in [0.717, 1.165) is 0 Å². The quantitative estimate of drug-likeness (QED) is 0.543. The maximum atomic E-state index is 9.73. The van der Waals surface area contributed by atoms with E-state index < -0.39 is 17.2 Å². The average Bonchev–Trinajstić information content (AvgIpc) is 2.40. The highest BCUT2D eigenvalue weighted by Gasteiger charge is 2.16. The van der Waals surface area contributed by atoms with Crippen molar-refractivity contribution < 1.29 is 25.5 Å². The molecule has 1 atom stereocenters. The van der Waals surface area contributed by atoms with Crippen molar-refractivity contribution in [2.45, 2.75) is 19.8 Å². The minimum absolute atomic E-state index is 0.0286. The number of aromatic hydroxyl groups is 5. The monoisotopic (exact) mass is 276 g/mol. The average molecular weight is 276 g/mol. The highest BCUT2D eigenvalue weighted by atomic mass is 16.3. The molecule has 0 aliphatic carbocycles. The minimum atomic E-state index is -0.574. The van der Waals surface area contributed by atoms with Gasteiger partial charge in [-0.05, 0) is 42.3 Å². The van der Waals surface area contributed by atoms with E-state index in [0.29, 0.717) is 16.7 Å². The molecule has 0 saturated heterocycles. The van der Waals surface area contributed by atoms with Crippen molar-refractivity contribution in [1.82, 2.24) is 0 Å². The van der Waals surface area contributed by atoms with Crippen LogP contribution in [0.15, 0.2) is 24.3 Å². The second-order valence-corrected chi connectivity index (χ2v) is 4.81. The summed E-state index contributed by atoms with van der Waals surface area (Å²) in [6, 6.07) is 5.68. The Morgan fingerprint density at radius 2 is 1.05 bits per heavy atom. The van der Waals surface area contributed by atoms with Gasteiger partial charge in [0, 0.05) is 11.5 Å². The molecule has 0 amide bonds. The van der Waals surface area contributed by atoms with E-state index in [1.165, 1.54) is 24.3 Å². The van der Waals surface area contributed by atoms with E-state index in [1.54, 1.807) is 13.8 Å². The van der Waals surface area contributed by atoms with Gasteiger partial charge in [-0.15, -0.1) is 0 Å². The molecule has 20 heavy (non-hydrogen) atoms. The third-order valence-corrected chi connectivity index (χ3v) is 3.47. The lowest BCUT2D eigenvalue weighted by Crippen LogP contribution is -1.97. The number of hydrogen-bond acceptors (Lipinski definition) is 5. The smallest absolute Gasteiger partial charge is 0.200 e. The molecule has 0 aromatic heterocycles. The van der Waals surface area contributed by atoms with Crippen LogP contribution in [0.1, 0.15) is 29.5 Å². The topological polar surface area (TPSA) is 101 Å². The Kier molecular flexibility index (Phi) is 3.36. The van der Waals surface area contributed by atoms with Gasteiger partial charge in [-0.1, -0.05) is 6.92 Å². The first-order valence-electron chi connectivity index (χ1n) is 6.08. The van der Waals surface area contributed by atoms with Crippen LogP contribution in [-0.2, 0) is 0 Å². The highest BCUT2D eigenvalue weighted by Crippen LogP contribution is 2.40. The van der Waals surface area contributed by atoms with E-state index in [1.807, 2.05) is 0 Å². The van der Waals surface area contributed by atoms with Gasteiger partial charge in [0.05, 0.1) is 0 Å². The third-order valence-electron chi connectivity index (χ3n) is 3.47. The molecule has 2 aromatic rings. The molecule has 106 valence electrons. The molecule has 5 N–H and O–H groups in total. The van der Waals surface area contributed by atoms with Crippen LogP contribution < -0.4 is 0 Å². The van der Waals surface area contributed by atoms with Crippen LogP contribution >= 0.6 is 0 Å². The predicted molar refractivity (Wildman–Crippen MR) is 73.5 cm³/mol. The first kappa shape index (κ1) is 13.9. The maximum Gasteiger partial charge on any atom is 0.200 e. The van der Waals surface area contributed by atoms with Crippen molar-refractivity contribution in [3.8, 4) is 28.7 Å². The molecule has 0 bridgehead atoms. The molecule has 0 saturated carbocycles. The summed E-state index contributed by atoms with van der Waals surface area (Å²) in [7, 11) is 0. The molecular formula is C15H16O5. The summed E-state index contributed by atoms with van der Waals surface area (Å²) in [5.74, 6) is -1.78. The van der Waals surface area contributed by atoms with Crippen LogP contribution in [0.3, 0.4) is 0 Å². The van der Waals surface area contributed by atoms with Crippen molar-refractivity contribution >= 4 is 0 Å². The van der Waals surface area contributed by atoms with Crippen molar-refractivity contribution in [2.75, 3.05) is 0 Å². The Morgan fingerprint density at radius 1 is 0.700 bits per heavy atom. The molecule has 5 heteroatoms. The Balaban J connectivity index is 2.49. The van der Waals surface area contributed by atoms with Crippen LogP contribution in [0.5, 0.6) is 28.7 Å². The largest absolute Gasteiger partial charge is 0.508 e. The molecular weight excluding hydrogens is 260 g/mol. The Bertz CT molecular complexity index is 560. The fourth-order valence-corrected chi connectivity index (χ4v) is 2.02. The lowest BCUT2D eigenvalue weighted by atomic mass is 9.91. The van der Waals surface area contributed by atoms with Crippen molar-refractivity contribution in [2.24, 2.45) is 0 Å². The number of rotatable bonds is 2. The molecule has 0 fully saturated rings. The third kappa shape index (κ3) is 2.30. The van der Waals surface area contributed by atoms with E-state index in [9.17, 15) is 25.5 Å². The fraction of sp³-hybridized carbons (Fsp3) is 0.200. The summed E-state index contributed by atoms with van der Waals surface area (Å²) >= 11 is 0. The predicted octanol–water partition coefficient (Wildman–Crippen LogP) is 2.67. The van der Waals surface area contributed by atoms with Crippen molar-refractivity contribution in [3.63, 3.8) is 0 Å². The van der Waals surface area contributed by atoms with E-state index in [2.05, 4.69) is 0 Å². The van der Waals surface area contributed by atoms with Gasteiger partial charge in [-0.2, -0.15) is 0 Å². The van der Waals surface area contributed by atoms with Gasteiger partial charge in [0.15, 0.2) is 17.2 Å². The highest BCUT2D eigenvalue weighted by molar-refractivity contribution is 5.54. The minimum Gasteiger partial charge on any atom is -0.508 e. The van der Waals surface area contributed by atoms with Crippen LogP contribution in [0.4, 0.5) is 0 Å². The zero-order valence-electron chi connectivity index (χ0n) is 11.1. The summed E-state index contributed by atoms with van der Waals surface area (Å²) in [6.07, 6.45) is 0. The summed E-state index contributed by atoms with van der Waals surface area (Å²) < 4.78 is 0. The SMILES string of the molecule is Cc1c(O)cc(C(C)c2cc(O)c(O)c(O)c2)cc1O. The zero-order valence-corrected chi connectivity index (χ0v) is 11.1. The van der Waals surface area contributed by atoms with Gasteiger partial charge in [0.25, 0.3) is 0 Å². The second-order valence-electron chi connectivity index (χ2n) is 4.81. The summed E-state index contributed by atoms with van der Waals surface area (Å²) in [5.41, 5.74) is 1.55. The molecule has 0 aliphatic rings. The summed E-state index contributed by atoms with van der Waals surface area (Å²) in [6.45, 7) is 3.38. The van der Waals surface area contributed by atoms with Gasteiger partial charge < -0.3 is 25.5 Å². The number of phenols is 5. The number of hydrogen-bond donors (Lipinski definition) is 5. The zero-order chi connectivity index (χ0) is 15.0. The van der Waals surface area contributed by atoms with E-state index in [4.69, 9.17) is 0 Å². The first-order valence-corrected chi connectivity index (χ1v) is 6.08. The van der Waals surface area contributed by atoms with Gasteiger partial charge in [-0.3, -0.25) is 0 Å². The van der Waals surface area contributed by atoms with Gasteiger partial charge in [0.1, 0.15) is 11.5 Å². The van der Waals surface area contributed by atoms with Gasteiger partial charge in [0.2, 0.25) is 0 Å². The van der Waals surface area contributed by atoms with Gasteiger partial charge >= 0.3 is 0 Å². The molecule has 0 radical (unpaired) electrons. The standard InChI is InChI=1S/C15H16O5/c1-7(9-3-11(16)8(2)12(17)4-9)10-5-13(18)15(20)14(19)6-10/h3-7,16-20H,1-2H3. The Morgan fingerprint density at radius 3 is 1.45 bits per heavy atom. The lowest BCUT2D eigenvalue weighted by Gasteiger charge is -2.16. The molecule has 0 aliphatic heterocycles. The molecule has 0 heterocycles. The van der Waals surface area contributed by atoms with E-state index in [-0.39, 0.29) is 17.4 Å². The Labute approximate surface area is 116 Å². The first-order chi connectivity index (χ1) is 9.31. The van der Waals surface area contributed by atoms with Crippen LogP contribution in [0.2, 0.25) is 0 Å². The van der Waals surface area contributed by atoms with Crippen molar-refractivity contribution in [3.05, 3.63) is 41.0 Å². The molecule has 0 spiro atoms. The van der Waals surface area contributed by atoms with Crippen LogP contribution in [0.25, 0.3) is 0 Å². The Hall–Kier alpha value is -2.56. The van der Waals surface area contributed by atoms with Crippen molar-refractivity contribution in [1.29, 1.82) is 0 Å². The molecule has 2 rings (SSSR count). The maximum absolute atomic E-state index is 9.73. The number of benzene rings is 2. The lowest BCUT2D eigenvalue weighted by molar-refractivity contribution is 0.367. The molecule has 1 unspecified atom stereocenters. The van der Waals surface area contributed by atoms with Crippen LogP contribution in [0, 0.1) is 6.92 Å². The van der Waals surface area contributed by atoms with Crippen LogP contribution in [-0.4, -0.2) is 25.5 Å². The van der Waals surface area contributed by atoms with Gasteiger partial charge in [-0.25, -0.2) is 0 Å². The normalized spacial score (nSPS) is 12.3. The summed E-state index contributed by atoms with van der Waals surface area (Å²) in [4.78, 5) is 0. The number of phenolic OH excluding ortho intramolecular Hbond substituents is 5. The second kappa shape index (κ2) is 4.85. The molecule has 2 aromatic carbocycles. The summed E-state index contributed by atoms with van der Waals surface area (Å²) in [5, 5.41) is 47.8. The van der Waals surface area contributed by atoms with E-state index >= 15 is 0 Å².